The van der Waals surface area contributed by atoms with Gasteiger partial charge < -0.3 is 0 Å². The first kappa shape index (κ1) is 12.6. The summed E-state index contributed by atoms with van der Waals surface area (Å²) in [5, 5.41) is 2.75. The van der Waals surface area contributed by atoms with Gasteiger partial charge in [-0.15, -0.1) is 11.3 Å². The van der Waals surface area contributed by atoms with Gasteiger partial charge in [-0.1, -0.05) is 54.1 Å². The highest BCUT2D eigenvalue weighted by atomic mass is 32.1. The molecule has 102 valence electrons. The maximum atomic E-state index is 2.30. The van der Waals surface area contributed by atoms with E-state index in [1.54, 1.807) is 0 Å². The van der Waals surface area contributed by atoms with Gasteiger partial charge in [-0.05, 0) is 42.7 Å². The molecule has 0 saturated carbocycles. The molecule has 0 amide bonds. The monoisotopic (exact) mass is 288 g/mol. The van der Waals surface area contributed by atoms with Crippen LogP contribution in [0.25, 0.3) is 31.3 Å². The topological polar surface area (TPSA) is 0 Å². The second-order valence-corrected chi connectivity index (χ2v) is 6.65. The van der Waals surface area contributed by atoms with E-state index in [-0.39, 0.29) is 0 Å². The van der Waals surface area contributed by atoms with Crippen molar-refractivity contribution in [2.75, 3.05) is 0 Å². The first-order chi connectivity index (χ1) is 10.2. The van der Waals surface area contributed by atoms with Crippen molar-refractivity contribution in [1.29, 1.82) is 0 Å². The van der Waals surface area contributed by atoms with Gasteiger partial charge in [0.25, 0.3) is 0 Å². The average molecular weight is 288 g/mol. The summed E-state index contributed by atoms with van der Waals surface area (Å²) in [4.78, 5) is 0. The lowest BCUT2D eigenvalue weighted by Gasteiger charge is -2.06. The Morgan fingerprint density at radius 2 is 1.52 bits per heavy atom. The Balaban J connectivity index is 2.12. The molecule has 0 aliphatic heterocycles. The summed E-state index contributed by atoms with van der Waals surface area (Å²) in [6.07, 6.45) is 0. The van der Waals surface area contributed by atoms with Crippen molar-refractivity contribution in [3.8, 4) is 11.1 Å². The van der Waals surface area contributed by atoms with Crippen LogP contribution in [0.15, 0.2) is 60.7 Å². The van der Waals surface area contributed by atoms with Crippen LogP contribution in [0, 0.1) is 13.8 Å². The Morgan fingerprint density at radius 3 is 2.38 bits per heavy atom. The molecule has 0 bridgehead atoms. The highest BCUT2D eigenvalue weighted by Crippen LogP contribution is 2.40. The van der Waals surface area contributed by atoms with Gasteiger partial charge in [0.2, 0.25) is 0 Å². The molecule has 0 radical (unpaired) electrons. The van der Waals surface area contributed by atoms with Gasteiger partial charge in [0.15, 0.2) is 0 Å². The molecule has 0 unspecified atom stereocenters. The molecule has 4 rings (SSSR count). The van der Waals surface area contributed by atoms with Crippen LogP contribution in [0.2, 0.25) is 0 Å². The fourth-order valence-electron chi connectivity index (χ4n) is 3.00. The van der Waals surface area contributed by atoms with Crippen LogP contribution in [-0.2, 0) is 0 Å². The van der Waals surface area contributed by atoms with Gasteiger partial charge in [0.1, 0.15) is 0 Å². The smallest absolute Gasteiger partial charge is 0.0433 e. The van der Waals surface area contributed by atoms with Crippen LogP contribution in [0.1, 0.15) is 11.1 Å². The second-order valence-electron chi connectivity index (χ2n) is 5.60. The van der Waals surface area contributed by atoms with E-state index in [9.17, 15) is 0 Å². The van der Waals surface area contributed by atoms with Crippen LogP contribution in [-0.4, -0.2) is 0 Å². The molecule has 0 atom stereocenters. The molecular weight excluding hydrogens is 272 g/mol. The maximum absolute atomic E-state index is 2.30. The van der Waals surface area contributed by atoms with E-state index in [0.29, 0.717) is 0 Å². The minimum Gasteiger partial charge on any atom is -0.135 e. The number of hydrogen-bond acceptors (Lipinski definition) is 1. The van der Waals surface area contributed by atoms with E-state index < -0.39 is 0 Å². The summed E-state index contributed by atoms with van der Waals surface area (Å²) < 4.78 is 2.77. The van der Waals surface area contributed by atoms with E-state index in [0.717, 1.165) is 0 Å². The van der Waals surface area contributed by atoms with Crippen LogP contribution in [0.5, 0.6) is 0 Å². The van der Waals surface area contributed by atoms with Crippen molar-refractivity contribution in [3.05, 3.63) is 71.8 Å². The number of hydrogen-bond donors (Lipinski definition) is 0. The Hall–Kier alpha value is -2.12. The molecule has 21 heavy (non-hydrogen) atoms. The molecule has 0 aliphatic rings. The van der Waals surface area contributed by atoms with Gasteiger partial charge in [0.05, 0.1) is 0 Å². The van der Waals surface area contributed by atoms with Crippen LogP contribution >= 0.6 is 11.3 Å². The largest absolute Gasteiger partial charge is 0.135 e. The molecule has 1 heterocycles. The second kappa shape index (κ2) is 4.71. The van der Waals surface area contributed by atoms with Crippen molar-refractivity contribution in [1.82, 2.24) is 0 Å². The van der Waals surface area contributed by atoms with Gasteiger partial charge in [-0.25, -0.2) is 0 Å². The Labute approximate surface area is 128 Å². The quantitative estimate of drug-likeness (QED) is 0.383. The zero-order valence-electron chi connectivity index (χ0n) is 12.2. The first-order valence-corrected chi connectivity index (χ1v) is 8.03. The average Bonchev–Trinajstić information content (AvgIpc) is 2.86. The predicted molar refractivity (Wildman–Crippen MR) is 94.2 cm³/mol. The van der Waals surface area contributed by atoms with E-state index in [2.05, 4.69) is 74.5 Å². The van der Waals surface area contributed by atoms with E-state index in [4.69, 9.17) is 0 Å². The molecule has 0 fully saturated rings. The summed E-state index contributed by atoms with van der Waals surface area (Å²) in [6.45, 7) is 4.35. The summed E-state index contributed by atoms with van der Waals surface area (Å²) in [5.41, 5.74) is 5.35. The minimum absolute atomic E-state index is 1.32. The summed E-state index contributed by atoms with van der Waals surface area (Å²) in [6, 6.07) is 22.1. The highest BCUT2D eigenvalue weighted by molar-refractivity contribution is 7.26. The molecule has 0 spiro atoms. The van der Waals surface area contributed by atoms with Gasteiger partial charge in [-0.2, -0.15) is 0 Å². The summed E-state index contributed by atoms with van der Waals surface area (Å²) >= 11 is 1.90. The lowest BCUT2D eigenvalue weighted by molar-refractivity contribution is 1.47. The Morgan fingerprint density at radius 1 is 0.714 bits per heavy atom. The molecule has 4 aromatic rings. The molecule has 3 aromatic carbocycles. The summed E-state index contributed by atoms with van der Waals surface area (Å²) in [5.74, 6) is 0. The fourth-order valence-corrected chi connectivity index (χ4v) is 4.21. The maximum Gasteiger partial charge on any atom is 0.0433 e. The van der Waals surface area contributed by atoms with E-state index in [1.807, 2.05) is 11.3 Å². The zero-order chi connectivity index (χ0) is 14.4. The third-order valence-corrected chi connectivity index (χ3v) is 5.31. The number of aryl methyl sites for hydroxylation is 2. The molecule has 0 N–H and O–H groups in total. The van der Waals surface area contributed by atoms with Crippen LogP contribution < -0.4 is 0 Å². The standard InChI is InChI=1S/C20H16S/c1-13-10-11-19-18(12-13)17-9-5-8-16(20(17)21-19)15-7-4-3-6-14(15)2/h3-12H,1-2H3. The molecule has 0 nitrogen and oxygen atoms in total. The normalized spacial score (nSPS) is 11.3. The van der Waals surface area contributed by atoms with Gasteiger partial charge in [0, 0.05) is 20.2 Å². The fraction of sp³-hybridized carbons (Fsp3) is 0.100. The van der Waals surface area contributed by atoms with E-state index >= 15 is 0 Å². The summed E-state index contributed by atoms with van der Waals surface area (Å²) in [7, 11) is 0. The van der Waals surface area contributed by atoms with E-state index in [1.165, 1.54) is 42.4 Å². The molecule has 0 saturated heterocycles. The lowest BCUT2D eigenvalue weighted by Crippen LogP contribution is -1.82. The third-order valence-electron chi connectivity index (χ3n) is 4.09. The van der Waals surface area contributed by atoms with Gasteiger partial charge in [-0.3, -0.25) is 0 Å². The number of thiophene rings is 1. The van der Waals surface area contributed by atoms with Crippen LogP contribution in [0.3, 0.4) is 0 Å². The molecule has 1 aromatic heterocycles. The van der Waals surface area contributed by atoms with Crippen molar-refractivity contribution < 1.29 is 0 Å². The number of rotatable bonds is 1. The number of fused-ring (bicyclic) bond motifs is 3. The Kier molecular flexibility index (Phi) is 2.83. The van der Waals surface area contributed by atoms with Crippen molar-refractivity contribution >= 4 is 31.5 Å². The third kappa shape index (κ3) is 1.97. The predicted octanol–water partition coefficient (Wildman–Crippen LogP) is 6.34. The SMILES string of the molecule is Cc1ccc2sc3c(-c4ccccc4C)cccc3c2c1. The number of benzene rings is 3. The highest BCUT2D eigenvalue weighted by Gasteiger charge is 2.11. The van der Waals surface area contributed by atoms with Crippen molar-refractivity contribution in [2.24, 2.45) is 0 Å². The van der Waals surface area contributed by atoms with Gasteiger partial charge >= 0.3 is 0 Å². The Bertz CT molecular complexity index is 960. The molecule has 1 heteroatoms. The first-order valence-electron chi connectivity index (χ1n) is 7.22. The minimum atomic E-state index is 1.32. The van der Waals surface area contributed by atoms with Crippen molar-refractivity contribution in [2.45, 2.75) is 13.8 Å². The van der Waals surface area contributed by atoms with Crippen molar-refractivity contribution in [3.63, 3.8) is 0 Å². The zero-order valence-corrected chi connectivity index (χ0v) is 13.0. The molecular formula is C20H16S. The lowest BCUT2D eigenvalue weighted by atomic mass is 9.99. The molecule has 0 aliphatic carbocycles. The van der Waals surface area contributed by atoms with Crippen LogP contribution in [0.4, 0.5) is 0 Å².